The van der Waals surface area contributed by atoms with Crippen LogP contribution in [0.5, 0.6) is 0 Å². The molecule has 0 heterocycles. The van der Waals surface area contributed by atoms with Crippen LogP contribution in [0.2, 0.25) is 26.2 Å². The normalized spacial score (nSPS) is 11.3. The van der Waals surface area contributed by atoms with Gasteiger partial charge in [-0.1, -0.05) is 84.8 Å². The number of aryl methyl sites for hydroxylation is 4. The van der Waals surface area contributed by atoms with Gasteiger partial charge < -0.3 is 26.5 Å². The van der Waals surface area contributed by atoms with Crippen molar-refractivity contribution in [1.82, 2.24) is 0 Å². The van der Waals surface area contributed by atoms with Crippen molar-refractivity contribution in [2.24, 2.45) is 0 Å². The van der Waals surface area contributed by atoms with Crippen LogP contribution >= 0.6 is 0 Å². The van der Waals surface area contributed by atoms with Crippen LogP contribution in [-0.4, -0.2) is 43.2 Å². The fourth-order valence-corrected chi connectivity index (χ4v) is 10.2. The van der Waals surface area contributed by atoms with E-state index in [1.165, 1.54) is 22.3 Å². The average molecular weight is 615 g/mol. The van der Waals surface area contributed by atoms with Gasteiger partial charge in [-0.2, -0.15) is 0 Å². The van der Waals surface area contributed by atoms with E-state index in [0.29, 0.717) is 0 Å². The zero-order valence-electron chi connectivity index (χ0n) is 17.6. The van der Waals surface area contributed by atoms with Crippen LogP contribution < -0.4 is 12.4 Å². The van der Waals surface area contributed by atoms with Gasteiger partial charge >= 0.3 is 26.2 Å². The second-order valence-electron chi connectivity index (χ2n) is 7.70. The first-order chi connectivity index (χ1) is 11.5. The van der Waals surface area contributed by atoms with Gasteiger partial charge in [0.25, 0.3) is 0 Å². The smallest absolute Gasteiger partial charge is 1.00 e. The summed E-state index contributed by atoms with van der Waals surface area (Å²) in [5, 5.41) is 0. The summed E-state index contributed by atoms with van der Waals surface area (Å²) in [5.41, 5.74) is 6.98. The molecule has 0 aliphatic heterocycles. The SMILES string of the molecule is Cc1cccc(C)c1[N-][Si](C)(C)O[Si](C)(C)[N-]c1c(C)cccc1C.[Bi+3].[Cl-]. The van der Waals surface area contributed by atoms with Gasteiger partial charge in [0.05, 0.1) is 17.0 Å². The third kappa shape index (κ3) is 7.50. The molecule has 2 aromatic rings. The number of hydrogen-bond acceptors (Lipinski definition) is 1. The van der Waals surface area contributed by atoms with E-state index in [1.807, 2.05) is 0 Å². The van der Waals surface area contributed by atoms with Gasteiger partial charge in [-0.3, -0.25) is 0 Å². The van der Waals surface area contributed by atoms with Gasteiger partial charge in [-0.05, 0) is 27.7 Å². The van der Waals surface area contributed by atoms with Crippen molar-refractivity contribution in [2.75, 3.05) is 0 Å². The topological polar surface area (TPSA) is 37.4 Å². The van der Waals surface area contributed by atoms with E-state index in [-0.39, 0.29) is 38.6 Å². The molecule has 3 nitrogen and oxygen atoms in total. The molecule has 0 amide bonds. The maximum atomic E-state index is 6.60. The maximum absolute atomic E-state index is 6.60. The van der Waals surface area contributed by atoms with Crippen LogP contribution in [0.4, 0.5) is 11.4 Å². The minimum absolute atomic E-state index is 0. The van der Waals surface area contributed by atoms with Crippen LogP contribution in [0.3, 0.4) is 0 Å². The predicted octanol–water partition coefficient (Wildman–Crippen LogP) is 3.67. The Kier molecular flexibility index (Phi) is 10.3. The molecule has 0 aromatic heterocycles. The zero-order valence-corrected chi connectivity index (χ0v) is 23.8. The number of benzene rings is 2. The second kappa shape index (κ2) is 10.4. The Hall–Kier alpha value is -0.393. The number of hydrogen-bond donors (Lipinski definition) is 0. The van der Waals surface area contributed by atoms with Gasteiger partial charge in [-0.15, -0.1) is 11.4 Å². The summed E-state index contributed by atoms with van der Waals surface area (Å²) >= 11 is 0. The number of rotatable bonds is 6. The van der Waals surface area contributed by atoms with Gasteiger partial charge in [0.2, 0.25) is 0 Å². The molecular weight excluding hydrogens is 585 g/mol. The number of nitrogens with zero attached hydrogens (tertiary/aromatic N) is 2. The predicted molar refractivity (Wildman–Crippen MR) is 120 cm³/mol. The van der Waals surface area contributed by atoms with Gasteiger partial charge in [0.1, 0.15) is 0 Å². The van der Waals surface area contributed by atoms with E-state index >= 15 is 0 Å². The van der Waals surface area contributed by atoms with Crippen LogP contribution in [-0.2, 0) is 4.12 Å². The van der Waals surface area contributed by atoms with Crippen molar-refractivity contribution in [3.05, 3.63) is 68.6 Å². The molecule has 0 bridgehead atoms. The molecule has 2 rings (SSSR count). The largest absolute Gasteiger partial charge is 3.00 e. The first-order valence-corrected chi connectivity index (χ1v) is 14.5. The Bertz CT molecular complexity index is 666. The average Bonchev–Trinajstić information content (AvgIpc) is 2.46. The molecule has 0 aliphatic carbocycles. The summed E-state index contributed by atoms with van der Waals surface area (Å²) < 4.78 is 6.60. The van der Waals surface area contributed by atoms with E-state index in [9.17, 15) is 0 Å². The first-order valence-electron chi connectivity index (χ1n) is 8.79. The molecular formula is C20H30BiClN2OSi2. The Balaban J connectivity index is 0.00000338. The molecule has 27 heavy (non-hydrogen) atoms. The number of halogens is 1. The molecule has 0 aliphatic rings. The molecule has 2 aromatic carbocycles. The molecule has 0 unspecified atom stereocenters. The van der Waals surface area contributed by atoms with E-state index in [1.54, 1.807) is 0 Å². The summed E-state index contributed by atoms with van der Waals surface area (Å²) in [6.45, 7) is 17.1. The molecule has 2 radical (unpaired) electrons. The third-order valence-electron chi connectivity index (χ3n) is 4.14. The maximum Gasteiger partial charge on any atom is 3.00 e. The molecule has 0 atom stereocenters. The molecule has 0 N–H and O–H groups in total. The second-order valence-corrected chi connectivity index (χ2v) is 14.8. The molecule has 0 fully saturated rings. The fourth-order valence-electron chi connectivity index (χ4n) is 3.16. The van der Waals surface area contributed by atoms with Crippen molar-refractivity contribution in [3.8, 4) is 0 Å². The van der Waals surface area contributed by atoms with Crippen molar-refractivity contribution < 1.29 is 16.5 Å². The Morgan fingerprint density at radius 1 is 0.630 bits per heavy atom. The van der Waals surface area contributed by atoms with Crippen molar-refractivity contribution >= 4 is 54.5 Å². The summed E-state index contributed by atoms with van der Waals surface area (Å²) in [6.07, 6.45) is 0. The van der Waals surface area contributed by atoms with Crippen molar-refractivity contribution in [3.63, 3.8) is 0 Å². The van der Waals surface area contributed by atoms with Gasteiger partial charge in [0.15, 0.2) is 0 Å². The molecule has 0 saturated carbocycles. The Labute approximate surface area is 192 Å². The van der Waals surface area contributed by atoms with Crippen LogP contribution in [0.15, 0.2) is 36.4 Å². The van der Waals surface area contributed by atoms with E-state index < -0.39 is 17.0 Å². The Morgan fingerprint density at radius 3 is 1.15 bits per heavy atom. The molecule has 0 spiro atoms. The zero-order chi connectivity index (χ0) is 18.8. The van der Waals surface area contributed by atoms with E-state index in [2.05, 4.69) is 90.3 Å². The van der Waals surface area contributed by atoms with Crippen molar-refractivity contribution in [1.29, 1.82) is 0 Å². The quantitative estimate of drug-likeness (QED) is 0.458. The van der Waals surface area contributed by atoms with Crippen LogP contribution in [0.1, 0.15) is 22.3 Å². The van der Waals surface area contributed by atoms with Crippen LogP contribution in [0, 0.1) is 27.7 Å². The summed E-state index contributed by atoms with van der Waals surface area (Å²) in [4.78, 5) is 10.1. The monoisotopic (exact) mass is 614 g/mol. The standard InChI is InChI=1S/C20H30N2OSi2.Bi.ClH/c1-15-11-9-12-16(2)19(15)21-24(5,6)23-25(7,8)22-20-17(3)13-10-14-18(20)4;;/h9-14H,1-8H3;;1H/q-2;+3;/p-1. The first kappa shape index (κ1) is 26.6. The van der Waals surface area contributed by atoms with E-state index in [4.69, 9.17) is 14.1 Å². The summed E-state index contributed by atoms with van der Waals surface area (Å²) in [6, 6.07) is 12.6. The fraction of sp³-hybridized carbons (Fsp3) is 0.400. The summed E-state index contributed by atoms with van der Waals surface area (Å²) in [7, 11) is -4.48. The van der Waals surface area contributed by atoms with Crippen LogP contribution in [0.25, 0.3) is 9.96 Å². The third-order valence-corrected chi connectivity index (χ3v) is 9.66. The van der Waals surface area contributed by atoms with Crippen molar-refractivity contribution in [2.45, 2.75) is 53.9 Å². The minimum Gasteiger partial charge on any atom is -1.00 e. The minimum atomic E-state index is -2.24. The molecule has 0 saturated heterocycles. The Morgan fingerprint density at radius 2 is 0.889 bits per heavy atom. The van der Waals surface area contributed by atoms with E-state index in [0.717, 1.165) is 11.4 Å². The molecule has 146 valence electrons. The molecule has 7 heteroatoms. The summed E-state index contributed by atoms with van der Waals surface area (Å²) in [5.74, 6) is 0. The van der Waals surface area contributed by atoms with Gasteiger partial charge in [-0.25, -0.2) is 0 Å². The van der Waals surface area contributed by atoms with Gasteiger partial charge in [0, 0.05) is 0 Å².